The number of amides is 1. The highest BCUT2D eigenvalue weighted by Gasteiger charge is 2.28. The summed E-state index contributed by atoms with van der Waals surface area (Å²) in [7, 11) is 0. The summed E-state index contributed by atoms with van der Waals surface area (Å²) < 4.78 is 5.25. The lowest BCUT2D eigenvalue weighted by Gasteiger charge is -2.31. The molecule has 1 aliphatic heterocycles. The van der Waals surface area contributed by atoms with E-state index in [9.17, 15) is 4.79 Å². The molecule has 116 valence electrons. The van der Waals surface area contributed by atoms with Gasteiger partial charge in [0.15, 0.2) is 5.82 Å². The lowest BCUT2D eigenvalue weighted by atomic mass is 9.97. The largest absolute Gasteiger partial charge is 0.342 e. The Morgan fingerprint density at radius 2 is 2.18 bits per heavy atom. The average Bonchev–Trinajstić information content (AvgIpc) is 2.96. The third kappa shape index (κ3) is 3.47. The van der Waals surface area contributed by atoms with Crippen molar-refractivity contribution >= 4 is 17.5 Å². The fraction of sp³-hybridized carbons (Fsp3) is 0.438. The number of carbonyl (C=O) groups is 1. The predicted octanol–water partition coefficient (Wildman–Crippen LogP) is 2.98. The normalized spacial score (nSPS) is 18.5. The summed E-state index contributed by atoms with van der Waals surface area (Å²) in [5.41, 5.74) is 0.977. The van der Waals surface area contributed by atoms with Gasteiger partial charge in [-0.05, 0) is 37.5 Å². The Bertz CT molecular complexity index is 654. The van der Waals surface area contributed by atoms with Gasteiger partial charge in [0.1, 0.15) is 0 Å². The van der Waals surface area contributed by atoms with Gasteiger partial charge < -0.3 is 9.42 Å². The van der Waals surface area contributed by atoms with Gasteiger partial charge in [0.25, 0.3) is 0 Å². The molecule has 3 rings (SSSR count). The number of nitrogens with zero attached hydrogens (tertiary/aromatic N) is 3. The van der Waals surface area contributed by atoms with Crippen LogP contribution in [0.25, 0.3) is 0 Å². The monoisotopic (exact) mass is 319 g/mol. The van der Waals surface area contributed by atoms with Gasteiger partial charge in [-0.1, -0.05) is 28.9 Å². The number of hydrogen-bond donors (Lipinski definition) is 0. The van der Waals surface area contributed by atoms with Crippen LogP contribution in [0.2, 0.25) is 5.02 Å². The maximum atomic E-state index is 12.5. The first-order chi connectivity index (χ1) is 10.6. The van der Waals surface area contributed by atoms with E-state index >= 15 is 0 Å². The molecule has 1 unspecified atom stereocenters. The molecule has 1 aromatic heterocycles. The van der Waals surface area contributed by atoms with Crippen LogP contribution in [0.5, 0.6) is 0 Å². The van der Waals surface area contributed by atoms with Crippen LogP contribution in [-0.4, -0.2) is 34.0 Å². The summed E-state index contributed by atoms with van der Waals surface area (Å²) >= 11 is 5.87. The number of aromatic nitrogens is 2. The zero-order valence-corrected chi connectivity index (χ0v) is 13.2. The van der Waals surface area contributed by atoms with Crippen LogP contribution < -0.4 is 0 Å². The van der Waals surface area contributed by atoms with Crippen molar-refractivity contribution in [2.24, 2.45) is 0 Å². The molecule has 1 fully saturated rings. The predicted molar refractivity (Wildman–Crippen MR) is 82.7 cm³/mol. The summed E-state index contributed by atoms with van der Waals surface area (Å²) in [6.07, 6.45) is 2.33. The smallest absolute Gasteiger partial charge is 0.231 e. The van der Waals surface area contributed by atoms with Crippen molar-refractivity contribution in [3.8, 4) is 0 Å². The second-order valence-electron chi connectivity index (χ2n) is 5.66. The molecule has 1 aromatic carbocycles. The van der Waals surface area contributed by atoms with E-state index in [0.29, 0.717) is 29.7 Å². The molecule has 2 heterocycles. The number of carbonyl (C=O) groups excluding carboxylic acids is 1. The molecular weight excluding hydrogens is 302 g/mol. The van der Waals surface area contributed by atoms with Crippen molar-refractivity contribution in [2.75, 3.05) is 13.1 Å². The SMILES string of the molecule is Cc1noc(C2CCCN(C(=O)Cc3ccc(Cl)cc3)C2)n1. The quantitative estimate of drug-likeness (QED) is 0.872. The van der Waals surface area contributed by atoms with E-state index in [2.05, 4.69) is 10.1 Å². The summed E-state index contributed by atoms with van der Waals surface area (Å²) in [5, 5.41) is 4.52. The highest BCUT2D eigenvalue weighted by atomic mass is 35.5. The van der Waals surface area contributed by atoms with Gasteiger partial charge in [-0.15, -0.1) is 0 Å². The molecule has 1 atom stereocenters. The Hall–Kier alpha value is -1.88. The lowest BCUT2D eigenvalue weighted by molar-refractivity contribution is -0.131. The molecule has 0 spiro atoms. The van der Waals surface area contributed by atoms with Gasteiger partial charge in [0.05, 0.1) is 12.3 Å². The van der Waals surface area contributed by atoms with Gasteiger partial charge in [-0.25, -0.2) is 0 Å². The molecule has 0 saturated carbocycles. The zero-order valence-electron chi connectivity index (χ0n) is 12.5. The molecule has 2 aromatic rings. The van der Waals surface area contributed by atoms with Gasteiger partial charge in [-0.2, -0.15) is 4.98 Å². The van der Waals surface area contributed by atoms with Crippen molar-refractivity contribution in [2.45, 2.75) is 32.1 Å². The van der Waals surface area contributed by atoms with E-state index in [1.54, 1.807) is 6.92 Å². The standard InChI is InChI=1S/C16H18ClN3O2/c1-11-18-16(22-19-11)13-3-2-8-20(10-13)15(21)9-12-4-6-14(17)7-5-12/h4-7,13H,2-3,8-10H2,1H3. The minimum atomic E-state index is 0.128. The second kappa shape index (κ2) is 6.48. The molecule has 1 amide bonds. The average molecular weight is 320 g/mol. The van der Waals surface area contributed by atoms with Crippen LogP contribution in [0, 0.1) is 6.92 Å². The van der Waals surface area contributed by atoms with E-state index in [4.69, 9.17) is 16.1 Å². The Morgan fingerprint density at radius 1 is 1.41 bits per heavy atom. The van der Waals surface area contributed by atoms with E-state index in [-0.39, 0.29) is 11.8 Å². The van der Waals surface area contributed by atoms with Crippen molar-refractivity contribution in [1.29, 1.82) is 0 Å². The van der Waals surface area contributed by atoms with Crippen molar-refractivity contribution in [3.63, 3.8) is 0 Å². The first kappa shape index (κ1) is 15.0. The summed E-state index contributed by atoms with van der Waals surface area (Å²) in [6, 6.07) is 7.40. The Kier molecular flexibility index (Phi) is 4.43. The minimum Gasteiger partial charge on any atom is -0.342 e. The van der Waals surface area contributed by atoms with Gasteiger partial charge in [-0.3, -0.25) is 4.79 Å². The van der Waals surface area contributed by atoms with E-state index in [0.717, 1.165) is 24.9 Å². The Morgan fingerprint density at radius 3 is 2.86 bits per heavy atom. The topological polar surface area (TPSA) is 59.2 Å². The van der Waals surface area contributed by atoms with Crippen LogP contribution in [0.3, 0.4) is 0 Å². The second-order valence-corrected chi connectivity index (χ2v) is 6.10. The molecule has 0 radical (unpaired) electrons. The van der Waals surface area contributed by atoms with E-state index in [1.165, 1.54) is 0 Å². The van der Waals surface area contributed by atoms with Crippen LogP contribution in [-0.2, 0) is 11.2 Å². The summed E-state index contributed by atoms with van der Waals surface area (Å²) in [5.74, 6) is 1.55. The number of piperidine rings is 1. The number of aryl methyl sites for hydroxylation is 1. The fourth-order valence-electron chi connectivity index (χ4n) is 2.77. The minimum absolute atomic E-state index is 0.128. The molecule has 0 aliphatic carbocycles. The van der Waals surface area contributed by atoms with E-state index in [1.807, 2.05) is 29.2 Å². The molecule has 0 bridgehead atoms. The Balaban J connectivity index is 1.63. The zero-order chi connectivity index (χ0) is 15.5. The number of hydrogen-bond acceptors (Lipinski definition) is 4. The first-order valence-electron chi connectivity index (χ1n) is 7.44. The van der Waals surface area contributed by atoms with Crippen LogP contribution in [0.1, 0.15) is 36.0 Å². The van der Waals surface area contributed by atoms with Crippen molar-refractivity contribution < 1.29 is 9.32 Å². The number of rotatable bonds is 3. The molecule has 22 heavy (non-hydrogen) atoms. The number of halogens is 1. The highest BCUT2D eigenvalue weighted by molar-refractivity contribution is 6.30. The highest BCUT2D eigenvalue weighted by Crippen LogP contribution is 2.26. The van der Waals surface area contributed by atoms with Gasteiger partial charge in [0, 0.05) is 18.1 Å². The molecule has 1 saturated heterocycles. The summed E-state index contributed by atoms with van der Waals surface area (Å²) in [4.78, 5) is 18.6. The maximum absolute atomic E-state index is 12.5. The molecule has 1 aliphatic rings. The Labute approximate surface area is 134 Å². The van der Waals surface area contributed by atoms with Crippen LogP contribution in [0.4, 0.5) is 0 Å². The third-order valence-corrected chi connectivity index (χ3v) is 4.19. The summed E-state index contributed by atoms with van der Waals surface area (Å²) in [6.45, 7) is 3.24. The van der Waals surface area contributed by atoms with Gasteiger partial charge in [0.2, 0.25) is 11.8 Å². The van der Waals surface area contributed by atoms with Crippen molar-refractivity contribution in [3.05, 3.63) is 46.6 Å². The maximum Gasteiger partial charge on any atom is 0.231 e. The molecular formula is C16H18ClN3O2. The molecule has 0 N–H and O–H groups in total. The fourth-order valence-corrected chi connectivity index (χ4v) is 2.90. The van der Waals surface area contributed by atoms with Crippen LogP contribution >= 0.6 is 11.6 Å². The first-order valence-corrected chi connectivity index (χ1v) is 7.82. The van der Waals surface area contributed by atoms with Gasteiger partial charge >= 0.3 is 0 Å². The molecule has 6 heteroatoms. The van der Waals surface area contributed by atoms with Crippen LogP contribution in [0.15, 0.2) is 28.8 Å². The molecule has 5 nitrogen and oxygen atoms in total. The van der Waals surface area contributed by atoms with E-state index < -0.39 is 0 Å². The van der Waals surface area contributed by atoms with Crippen molar-refractivity contribution in [1.82, 2.24) is 15.0 Å². The lowest BCUT2D eigenvalue weighted by Crippen LogP contribution is -2.40. The number of benzene rings is 1. The number of likely N-dealkylation sites (tertiary alicyclic amines) is 1. The third-order valence-electron chi connectivity index (χ3n) is 3.94.